The largest absolute Gasteiger partial charge is 0.343 e. The minimum Gasteiger partial charge on any atom is -0.343 e. The summed E-state index contributed by atoms with van der Waals surface area (Å²) in [4.78, 5) is 32.9. The molecule has 1 atom stereocenters. The molecule has 2 aromatic rings. The number of benzene rings is 1. The van der Waals surface area contributed by atoms with E-state index in [4.69, 9.17) is 0 Å². The molecule has 0 saturated carbocycles. The number of carbonyl (C=O) groups is 2. The monoisotopic (exact) mass is 472 g/mol. The second-order valence-electron chi connectivity index (χ2n) is 8.91. The molecule has 3 heterocycles. The van der Waals surface area contributed by atoms with Crippen LogP contribution >= 0.6 is 11.3 Å². The van der Waals surface area contributed by atoms with E-state index in [2.05, 4.69) is 15.1 Å². The van der Waals surface area contributed by atoms with Gasteiger partial charge in [0.25, 0.3) is 0 Å². The molecule has 8 heteroatoms. The van der Waals surface area contributed by atoms with Crippen molar-refractivity contribution in [1.29, 1.82) is 0 Å². The molecule has 0 bridgehead atoms. The smallest absolute Gasteiger partial charge is 0.236 e. The number of hydrogen-bond donors (Lipinski definition) is 1. The van der Waals surface area contributed by atoms with E-state index in [1.165, 1.54) is 25.0 Å². The molecule has 0 spiro atoms. The van der Waals surface area contributed by atoms with Gasteiger partial charge < -0.3 is 10.2 Å². The Balaban J connectivity index is 1.26. The van der Waals surface area contributed by atoms with E-state index in [-0.39, 0.29) is 23.7 Å². The molecule has 2 saturated heterocycles. The minimum atomic E-state index is -0.290. The topological polar surface area (TPSA) is 55.9 Å². The Morgan fingerprint density at radius 2 is 1.52 bits per heavy atom. The first-order valence-electron chi connectivity index (χ1n) is 11.9. The molecule has 0 unspecified atom stereocenters. The van der Waals surface area contributed by atoms with Crippen molar-refractivity contribution in [3.05, 3.63) is 58.0 Å². The normalized spacial score (nSPS) is 19.1. The lowest BCUT2D eigenvalue weighted by molar-refractivity contribution is -0.133. The quantitative estimate of drug-likeness (QED) is 0.673. The minimum absolute atomic E-state index is 0.0492. The van der Waals surface area contributed by atoms with Crippen molar-refractivity contribution in [3.8, 4) is 0 Å². The Morgan fingerprint density at radius 3 is 2.12 bits per heavy atom. The third kappa shape index (κ3) is 6.85. The molecular formula is C25H33FN4O2S. The molecule has 6 nitrogen and oxygen atoms in total. The van der Waals surface area contributed by atoms with Crippen LogP contribution in [0.2, 0.25) is 0 Å². The summed E-state index contributed by atoms with van der Waals surface area (Å²) in [6, 6.07) is 9.95. The SMILES string of the molecule is O=C(CN1CCN(CC(=O)N2CCCCCC2)CC1)N[C@@H](c1ccc(F)cc1)c1cccs1. The lowest BCUT2D eigenvalue weighted by atomic mass is 10.1. The first kappa shape index (κ1) is 23.9. The predicted molar refractivity (Wildman–Crippen MR) is 129 cm³/mol. The number of halogens is 1. The number of carbonyl (C=O) groups excluding carboxylic acids is 2. The van der Waals surface area contributed by atoms with Crippen molar-refractivity contribution in [2.45, 2.75) is 31.7 Å². The molecule has 2 fully saturated rings. The van der Waals surface area contributed by atoms with E-state index in [0.29, 0.717) is 13.1 Å². The third-order valence-corrected chi connectivity index (χ3v) is 7.42. The van der Waals surface area contributed by atoms with E-state index in [9.17, 15) is 14.0 Å². The van der Waals surface area contributed by atoms with Crippen LogP contribution in [-0.2, 0) is 9.59 Å². The molecule has 2 aliphatic rings. The Bertz CT molecular complexity index is 890. The molecule has 33 heavy (non-hydrogen) atoms. The maximum Gasteiger partial charge on any atom is 0.236 e. The summed E-state index contributed by atoms with van der Waals surface area (Å²) >= 11 is 1.57. The molecule has 0 radical (unpaired) electrons. The van der Waals surface area contributed by atoms with E-state index in [0.717, 1.165) is 62.6 Å². The second-order valence-corrected chi connectivity index (χ2v) is 9.89. The number of piperazine rings is 1. The summed E-state index contributed by atoms with van der Waals surface area (Å²) in [7, 11) is 0. The molecule has 2 aliphatic heterocycles. The maximum absolute atomic E-state index is 13.4. The van der Waals surface area contributed by atoms with Crippen molar-refractivity contribution in [2.75, 3.05) is 52.4 Å². The van der Waals surface area contributed by atoms with E-state index in [1.54, 1.807) is 23.5 Å². The Hall–Kier alpha value is -2.29. The van der Waals surface area contributed by atoms with Gasteiger partial charge in [0.2, 0.25) is 11.8 Å². The van der Waals surface area contributed by atoms with Crippen LogP contribution in [0.1, 0.15) is 42.2 Å². The van der Waals surface area contributed by atoms with E-state index >= 15 is 0 Å². The van der Waals surface area contributed by atoms with Gasteiger partial charge in [0.05, 0.1) is 19.1 Å². The van der Waals surface area contributed by atoms with Gasteiger partial charge in [-0.3, -0.25) is 19.4 Å². The lowest BCUT2D eigenvalue weighted by Crippen LogP contribution is -2.52. The van der Waals surface area contributed by atoms with E-state index in [1.807, 2.05) is 22.4 Å². The van der Waals surface area contributed by atoms with Crippen LogP contribution in [0.25, 0.3) is 0 Å². The van der Waals surface area contributed by atoms with Crippen LogP contribution in [0.4, 0.5) is 4.39 Å². The van der Waals surface area contributed by atoms with Crippen LogP contribution in [0.15, 0.2) is 41.8 Å². The predicted octanol–water partition coefficient (Wildman–Crippen LogP) is 3.11. The van der Waals surface area contributed by atoms with Crippen molar-refractivity contribution in [1.82, 2.24) is 20.0 Å². The molecule has 0 aliphatic carbocycles. The first-order chi connectivity index (χ1) is 16.1. The number of nitrogens with one attached hydrogen (secondary N) is 1. The fourth-order valence-electron chi connectivity index (χ4n) is 4.56. The zero-order valence-electron chi connectivity index (χ0n) is 19.0. The highest BCUT2D eigenvalue weighted by Crippen LogP contribution is 2.26. The summed E-state index contributed by atoms with van der Waals surface area (Å²) < 4.78 is 13.4. The summed E-state index contributed by atoms with van der Waals surface area (Å²) in [5, 5.41) is 5.10. The molecule has 1 aromatic carbocycles. The number of hydrogen-bond acceptors (Lipinski definition) is 5. The molecule has 178 valence electrons. The van der Waals surface area contributed by atoms with Gasteiger partial charge in [-0.1, -0.05) is 31.0 Å². The van der Waals surface area contributed by atoms with Crippen LogP contribution < -0.4 is 5.32 Å². The summed E-state index contributed by atoms with van der Waals surface area (Å²) in [6.07, 6.45) is 4.66. The summed E-state index contributed by atoms with van der Waals surface area (Å²) in [5.41, 5.74) is 0.865. The van der Waals surface area contributed by atoms with Gasteiger partial charge in [-0.2, -0.15) is 0 Å². The third-order valence-electron chi connectivity index (χ3n) is 6.49. The highest BCUT2D eigenvalue weighted by Gasteiger charge is 2.25. The first-order valence-corrected chi connectivity index (χ1v) is 12.8. The number of amides is 2. The number of thiophene rings is 1. The van der Waals surface area contributed by atoms with Crippen molar-refractivity contribution in [2.24, 2.45) is 0 Å². The molecule has 1 N–H and O–H groups in total. The molecular weight excluding hydrogens is 439 g/mol. The van der Waals surface area contributed by atoms with Gasteiger partial charge in [-0.25, -0.2) is 4.39 Å². The van der Waals surface area contributed by atoms with Crippen LogP contribution in [-0.4, -0.2) is 78.9 Å². The van der Waals surface area contributed by atoms with Crippen molar-refractivity contribution >= 4 is 23.2 Å². The zero-order chi connectivity index (χ0) is 23.0. The number of nitrogens with zero attached hydrogens (tertiary/aromatic N) is 3. The molecule has 4 rings (SSSR count). The van der Waals surface area contributed by atoms with Crippen LogP contribution in [0.5, 0.6) is 0 Å². The number of rotatable bonds is 7. The standard InChI is InChI=1S/C25H33FN4O2S/c26-21-9-7-20(8-10-21)25(22-6-5-17-33-22)27-23(31)18-28-13-15-29(16-14-28)19-24(32)30-11-3-1-2-4-12-30/h5-10,17,25H,1-4,11-16,18-19H2,(H,27,31)/t25-/m0/s1. The van der Waals surface area contributed by atoms with E-state index < -0.39 is 0 Å². The van der Waals surface area contributed by atoms with Crippen molar-refractivity contribution < 1.29 is 14.0 Å². The van der Waals surface area contributed by atoms with Gasteiger partial charge >= 0.3 is 0 Å². The zero-order valence-corrected chi connectivity index (χ0v) is 19.9. The van der Waals surface area contributed by atoms with Gasteiger partial charge in [0.1, 0.15) is 5.82 Å². The Labute approximate surface area is 199 Å². The van der Waals surface area contributed by atoms with Crippen LogP contribution in [0, 0.1) is 5.82 Å². The van der Waals surface area contributed by atoms with Gasteiger partial charge in [-0.05, 0) is 42.0 Å². The average Bonchev–Trinajstić information content (AvgIpc) is 3.21. The number of likely N-dealkylation sites (tertiary alicyclic amines) is 1. The Kier molecular flexibility index (Phi) is 8.47. The lowest BCUT2D eigenvalue weighted by Gasteiger charge is -2.35. The maximum atomic E-state index is 13.4. The highest BCUT2D eigenvalue weighted by molar-refractivity contribution is 7.10. The van der Waals surface area contributed by atoms with Gasteiger partial charge in [0, 0.05) is 44.1 Å². The summed E-state index contributed by atoms with van der Waals surface area (Å²) in [5.74, 6) is -0.102. The van der Waals surface area contributed by atoms with Crippen LogP contribution in [0.3, 0.4) is 0 Å². The fraction of sp³-hybridized carbons (Fsp3) is 0.520. The van der Waals surface area contributed by atoms with Gasteiger partial charge in [0.15, 0.2) is 0 Å². The molecule has 1 aromatic heterocycles. The second kappa shape index (κ2) is 11.7. The fourth-order valence-corrected chi connectivity index (χ4v) is 5.36. The average molecular weight is 473 g/mol. The highest BCUT2D eigenvalue weighted by atomic mass is 32.1. The van der Waals surface area contributed by atoms with Gasteiger partial charge in [-0.15, -0.1) is 11.3 Å². The van der Waals surface area contributed by atoms with Crippen molar-refractivity contribution in [3.63, 3.8) is 0 Å². The summed E-state index contributed by atoms with van der Waals surface area (Å²) in [6.45, 7) is 5.68. The Morgan fingerprint density at radius 1 is 0.879 bits per heavy atom. The molecule has 2 amide bonds.